The maximum Gasteiger partial charge on any atom is 0.254 e. The van der Waals surface area contributed by atoms with Gasteiger partial charge in [0.1, 0.15) is 5.75 Å². The predicted octanol–water partition coefficient (Wildman–Crippen LogP) is 5.96. The van der Waals surface area contributed by atoms with Gasteiger partial charge in [0.25, 0.3) is 5.91 Å². The maximum absolute atomic E-state index is 14.2. The maximum atomic E-state index is 14.2. The van der Waals surface area contributed by atoms with Crippen LogP contribution >= 0.6 is 0 Å². The molecule has 1 fully saturated rings. The molecule has 0 saturated heterocycles. The first kappa shape index (κ1) is 25.6. The average Bonchev–Trinajstić information content (AvgIpc) is 2.97. The summed E-state index contributed by atoms with van der Waals surface area (Å²) >= 11 is 0. The fourth-order valence-electron chi connectivity index (χ4n) is 5.88. The quantitative estimate of drug-likeness (QED) is 0.421. The molecule has 7 nitrogen and oxygen atoms in total. The topological polar surface area (TPSA) is 77.1 Å². The number of benzene rings is 3. The number of nitrogens with one attached hydrogen (secondary N) is 1. The minimum Gasteiger partial charge on any atom is -0.497 e. The number of nitrogens with zero attached hydrogens (tertiary/aromatic N) is 1. The normalized spacial score (nSPS) is 19.4. The second kappa shape index (κ2) is 11.2. The molecule has 0 unspecified atom stereocenters. The van der Waals surface area contributed by atoms with E-state index in [1.807, 2.05) is 53.4 Å². The zero-order valence-corrected chi connectivity index (χ0v) is 22.1. The molecule has 198 valence electrons. The molecule has 38 heavy (non-hydrogen) atoms. The van der Waals surface area contributed by atoms with Gasteiger partial charge in [0, 0.05) is 23.4 Å². The first-order chi connectivity index (χ1) is 18.5. The summed E-state index contributed by atoms with van der Waals surface area (Å²) in [7, 11) is 4.77. The van der Waals surface area contributed by atoms with Crippen LogP contribution in [0.15, 0.2) is 66.7 Å². The van der Waals surface area contributed by atoms with E-state index in [1.54, 1.807) is 39.5 Å². The Balaban J connectivity index is 1.61. The molecule has 0 aromatic heterocycles. The molecule has 1 aliphatic carbocycles. The minimum atomic E-state index is -0.604. The van der Waals surface area contributed by atoms with Gasteiger partial charge in [-0.3, -0.25) is 9.59 Å². The van der Waals surface area contributed by atoms with Gasteiger partial charge in [-0.15, -0.1) is 0 Å². The van der Waals surface area contributed by atoms with Crippen LogP contribution in [0.2, 0.25) is 0 Å². The van der Waals surface area contributed by atoms with Gasteiger partial charge in [0.2, 0.25) is 5.91 Å². The third-order valence-corrected chi connectivity index (χ3v) is 7.74. The first-order valence-electron chi connectivity index (χ1n) is 13.1. The largest absolute Gasteiger partial charge is 0.497 e. The second-order valence-corrected chi connectivity index (χ2v) is 9.85. The van der Waals surface area contributed by atoms with Crippen LogP contribution in [0.1, 0.15) is 65.5 Å². The molecule has 2 atom stereocenters. The number of hydrogen-bond donors (Lipinski definition) is 1. The van der Waals surface area contributed by atoms with Crippen LogP contribution in [-0.4, -0.2) is 44.1 Å². The molecule has 2 amide bonds. The number of carbonyl (C=O) groups excluding carboxylic acids is 2. The number of hydrogen-bond acceptors (Lipinski definition) is 5. The fourth-order valence-corrected chi connectivity index (χ4v) is 5.88. The van der Waals surface area contributed by atoms with E-state index in [9.17, 15) is 9.59 Å². The van der Waals surface area contributed by atoms with Crippen molar-refractivity contribution in [2.45, 2.75) is 50.1 Å². The summed E-state index contributed by atoms with van der Waals surface area (Å²) < 4.78 is 16.2. The van der Waals surface area contributed by atoms with Crippen molar-refractivity contribution >= 4 is 17.5 Å². The molecule has 3 aromatic rings. The number of fused-ring (bicyclic) bond motifs is 1. The minimum absolute atomic E-state index is 0.0107. The van der Waals surface area contributed by atoms with Crippen LogP contribution in [0.3, 0.4) is 0 Å². The van der Waals surface area contributed by atoms with E-state index < -0.39 is 12.0 Å². The standard InChI is InChI=1S/C31H34N2O5/c1-36-23-16-13-20(14-17-23)29-28(30(34)32-21-15-18-26(37-2)27(19-21)38-3)24-11-7-8-12-25(24)31(35)33(29)22-9-5-4-6-10-22/h7-8,11-19,22,28-29H,4-6,9-10H2,1-3H3,(H,32,34)/t28-,29+/m0/s1. The zero-order chi connectivity index (χ0) is 26.6. The van der Waals surface area contributed by atoms with E-state index in [-0.39, 0.29) is 17.9 Å². The van der Waals surface area contributed by atoms with Crippen LogP contribution in [0.4, 0.5) is 5.69 Å². The highest BCUT2D eigenvalue weighted by Gasteiger charge is 2.46. The molecule has 1 N–H and O–H groups in total. The van der Waals surface area contributed by atoms with E-state index in [1.165, 1.54) is 6.42 Å². The Hall–Kier alpha value is -4.00. The SMILES string of the molecule is COc1ccc([C@@H]2[C@@H](C(=O)Nc3ccc(OC)c(OC)c3)c3ccccc3C(=O)N2C2CCCCC2)cc1. The summed E-state index contributed by atoms with van der Waals surface area (Å²) in [6.45, 7) is 0. The molecule has 7 heteroatoms. The molecule has 0 bridgehead atoms. The molecule has 1 heterocycles. The molecular formula is C31H34N2O5. The fraction of sp³-hybridized carbons (Fsp3) is 0.355. The monoisotopic (exact) mass is 514 g/mol. The highest BCUT2D eigenvalue weighted by Crippen LogP contribution is 2.46. The van der Waals surface area contributed by atoms with Gasteiger partial charge in [-0.1, -0.05) is 49.6 Å². The highest BCUT2D eigenvalue weighted by atomic mass is 16.5. The smallest absolute Gasteiger partial charge is 0.254 e. The molecule has 5 rings (SSSR count). The van der Waals surface area contributed by atoms with Crippen LogP contribution in [0, 0.1) is 0 Å². The Morgan fingerprint density at radius 2 is 1.55 bits per heavy atom. The molecular weight excluding hydrogens is 480 g/mol. The highest BCUT2D eigenvalue weighted by molar-refractivity contribution is 6.04. The lowest BCUT2D eigenvalue weighted by Crippen LogP contribution is -2.51. The van der Waals surface area contributed by atoms with E-state index in [0.29, 0.717) is 22.7 Å². The molecule has 0 radical (unpaired) electrons. The van der Waals surface area contributed by atoms with Crippen molar-refractivity contribution in [3.63, 3.8) is 0 Å². The Bertz CT molecular complexity index is 1300. The Kier molecular flexibility index (Phi) is 7.54. The van der Waals surface area contributed by atoms with Crippen molar-refractivity contribution in [1.29, 1.82) is 0 Å². The van der Waals surface area contributed by atoms with Gasteiger partial charge in [0.05, 0.1) is 33.3 Å². The lowest BCUT2D eigenvalue weighted by molar-refractivity contribution is -0.119. The predicted molar refractivity (Wildman–Crippen MR) is 146 cm³/mol. The number of amides is 2. The Labute approximate surface area is 223 Å². The number of rotatable bonds is 7. The van der Waals surface area contributed by atoms with Crippen LogP contribution in [0.25, 0.3) is 0 Å². The van der Waals surface area contributed by atoms with Crippen LogP contribution in [0.5, 0.6) is 17.2 Å². The first-order valence-corrected chi connectivity index (χ1v) is 13.1. The van der Waals surface area contributed by atoms with Crippen LogP contribution < -0.4 is 19.5 Å². The second-order valence-electron chi connectivity index (χ2n) is 9.85. The molecule has 1 saturated carbocycles. The molecule has 1 aliphatic heterocycles. The molecule has 3 aromatic carbocycles. The number of anilines is 1. The Morgan fingerprint density at radius 3 is 2.24 bits per heavy atom. The molecule has 0 spiro atoms. The van der Waals surface area contributed by atoms with Gasteiger partial charge < -0.3 is 24.4 Å². The van der Waals surface area contributed by atoms with Crippen molar-refractivity contribution in [3.8, 4) is 17.2 Å². The zero-order valence-electron chi connectivity index (χ0n) is 22.1. The van der Waals surface area contributed by atoms with Crippen molar-refractivity contribution in [2.24, 2.45) is 0 Å². The van der Waals surface area contributed by atoms with E-state index in [0.717, 1.165) is 42.6 Å². The third kappa shape index (κ3) is 4.80. The van der Waals surface area contributed by atoms with Crippen molar-refractivity contribution in [1.82, 2.24) is 4.90 Å². The van der Waals surface area contributed by atoms with Gasteiger partial charge >= 0.3 is 0 Å². The lowest BCUT2D eigenvalue weighted by atomic mass is 9.77. The molecule has 2 aliphatic rings. The average molecular weight is 515 g/mol. The van der Waals surface area contributed by atoms with E-state index in [4.69, 9.17) is 14.2 Å². The summed E-state index contributed by atoms with van der Waals surface area (Å²) in [5, 5.41) is 3.10. The summed E-state index contributed by atoms with van der Waals surface area (Å²) in [6.07, 6.45) is 5.20. The number of ether oxygens (including phenoxy) is 3. The van der Waals surface area contributed by atoms with Crippen molar-refractivity contribution < 1.29 is 23.8 Å². The summed E-state index contributed by atoms with van der Waals surface area (Å²) in [5.41, 5.74) is 2.84. The number of carbonyl (C=O) groups is 2. The van der Waals surface area contributed by atoms with Crippen LogP contribution in [-0.2, 0) is 4.79 Å². The lowest BCUT2D eigenvalue weighted by Gasteiger charge is -2.46. The van der Waals surface area contributed by atoms with Gasteiger partial charge in [-0.25, -0.2) is 0 Å². The van der Waals surface area contributed by atoms with E-state index >= 15 is 0 Å². The summed E-state index contributed by atoms with van der Waals surface area (Å²) in [4.78, 5) is 30.2. The van der Waals surface area contributed by atoms with Crippen molar-refractivity contribution in [2.75, 3.05) is 26.6 Å². The van der Waals surface area contributed by atoms with Gasteiger partial charge in [-0.05, 0) is 54.3 Å². The summed E-state index contributed by atoms with van der Waals surface area (Å²) in [6, 6.07) is 20.2. The third-order valence-electron chi connectivity index (χ3n) is 7.74. The number of methoxy groups -OCH3 is 3. The van der Waals surface area contributed by atoms with E-state index in [2.05, 4.69) is 5.32 Å². The van der Waals surface area contributed by atoms with Crippen molar-refractivity contribution in [3.05, 3.63) is 83.4 Å². The van der Waals surface area contributed by atoms with Gasteiger partial charge in [0.15, 0.2) is 11.5 Å². The summed E-state index contributed by atoms with van der Waals surface area (Å²) in [5.74, 6) is 1.04. The Morgan fingerprint density at radius 1 is 0.842 bits per heavy atom. The van der Waals surface area contributed by atoms with Gasteiger partial charge in [-0.2, -0.15) is 0 Å².